The number of halogens is 3. The van der Waals surface area contributed by atoms with Crippen molar-refractivity contribution in [1.82, 2.24) is 14.6 Å². The third-order valence-electron chi connectivity index (χ3n) is 2.77. The molecule has 0 N–H and O–H groups in total. The van der Waals surface area contributed by atoms with Crippen molar-refractivity contribution in [2.45, 2.75) is 6.92 Å². The van der Waals surface area contributed by atoms with Crippen LogP contribution in [0.25, 0.3) is 16.8 Å². The van der Waals surface area contributed by atoms with E-state index >= 15 is 0 Å². The summed E-state index contributed by atoms with van der Waals surface area (Å²) in [6.07, 6.45) is 1.82. The minimum Gasteiger partial charge on any atom is -0.219 e. The lowest BCUT2D eigenvalue weighted by Crippen LogP contribution is -1.93. The zero-order valence-corrected chi connectivity index (χ0v) is 11.4. The minimum absolute atomic E-state index is 0.446. The van der Waals surface area contributed by atoms with Crippen LogP contribution >= 0.6 is 15.9 Å². The van der Waals surface area contributed by atoms with Crippen LogP contribution in [-0.2, 0) is 0 Å². The molecule has 3 rings (SSSR count). The van der Waals surface area contributed by atoms with E-state index in [1.807, 2.05) is 19.2 Å². The number of hydrogen-bond donors (Lipinski definition) is 0. The van der Waals surface area contributed by atoms with Gasteiger partial charge in [0.1, 0.15) is 0 Å². The molecule has 0 unspecified atom stereocenters. The quantitative estimate of drug-likeness (QED) is 0.682. The molecule has 3 nitrogen and oxygen atoms in total. The van der Waals surface area contributed by atoms with Crippen molar-refractivity contribution in [3.05, 3.63) is 52.4 Å². The normalized spacial score (nSPS) is 11.2. The van der Waals surface area contributed by atoms with Crippen LogP contribution in [0, 0.1) is 18.6 Å². The van der Waals surface area contributed by atoms with Gasteiger partial charge in [-0.3, -0.25) is 0 Å². The van der Waals surface area contributed by atoms with Crippen LogP contribution < -0.4 is 0 Å². The molecule has 0 aliphatic heterocycles. The van der Waals surface area contributed by atoms with E-state index in [4.69, 9.17) is 0 Å². The molecule has 0 amide bonds. The van der Waals surface area contributed by atoms with E-state index in [9.17, 15) is 8.78 Å². The Hall–Kier alpha value is -1.82. The fourth-order valence-corrected chi connectivity index (χ4v) is 2.31. The van der Waals surface area contributed by atoms with Crippen molar-refractivity contribution in [2.24, 2.45) is 0 Å². The molecule has 0 saturated heterocycles. The molecule has 96 valence electrons. The molecule has 0 fully saturated rings. The average molecular weight is 324 g/mol. The van der Waals surface area contributed by atoms with Crippen LogP contribution in [-0.4, -0.2) is 14.6 Å². The highest BCUT2D eigenvalue weighted by Gasteiger charge is 2.11. The van der Waals surface area contributed by atoms with Gasteiger partial charge in [0.25, 0.3) is 0 Å². The Balaban J connectivity index is 2.31. The second kappa shape index (κ2) is 4.38. The Labute approximate surface area is 116 Å². The lowest BCUT2D eigenvalue weighted by molar-refractivity contribution is 0.509. The Kier molecular flexibility index (Phi) is 2.82. The van der Waals surface area contributed by atoms with Crippen LogP contribution in [0.4, 0.5) is 8.78 Å². The fraction of sp³-hybridized carbons (Fsp3) is 0.0769. The van der Waals surface area contributed by atoms with Gasteiger partial charge >= 0.3 is 0 Å². The first-order valence-corrected chi connectivity index (χ1v) is 6.32. The highest BCUT2D eigenvalue weighted by atomic mass is 79.9. The van der Waals surface area contributed by atoms with E-state index in [2.05, 4.69) is 26.0 Å². The first-order valence-electron chi connectivity index (χ1n) is 5.52. The topological polar surface area (TPSA) is 30.2 Å². The third-order valence-corrected chi connectivity index (χ3v) is 3.11. The predicted molar refractivity (Wildman–Crippen MR) is 70.8 cm³/mol. The van der Waals surface area contributed by atoms with Gasteiger partial charge < -0.3 is 0 Å². The van der Waals surface area contributed by atoms with Gasteiger partial charge in [0.2, 0.25) is 4.73 Å². The number of rotatable bonds is 1. The third kappa shape index (κ3) is 2.12. The van der Waals surface area contributed by atoms with E-state index in [1.165, 1.54) is 6.07 Å². The molecule has 0 bridgehead atoms. The lowest BCUT2D eigenvalue weighted by Gasteiger charge is -2.05. The van der Waals surface area contributed by atoms with Gasteiger partial charge in [-0.05, 0) is 52.2 Å². The molecule has 0 spiro atoms. The van der Waals surface area contributed by atoms with Gasteiger partial charge in [-0.15, -0.1) is 5.10 Å². The number of fused-ring (bicyclic) bond motifs is 1. The molecular weight excluding hydrogens is 316 g/mol. The zero-order chi connectivity index (χ0) is 13.6. The largest absolute Gasteiger partial charge is 0.219 e. The zero-order valence-electron chi connectivity index (χ0n) is 9.86. The molecule has 1 aromatic carbocycles. The van der Waals surface area contributed by atoms with E-state index < -0.39 is 11.6 Å². The minimum atomic E-state index is -0.879. The van der Waals surface area contributed by atoms with Gasteiger partial charge in [-0.2, -0.15) is 0 Å². The van der Waals surface area contributed by atoms with Crippen LogP contribution in [0.1, 0.15) is 5.56 Å². The standard InChI is InChI=1S/C13H8BrF2N3/c1-7-4-9(8-2-3-10(15)11(16)5-8)12-17-13(14)18-19(12)6-7/h2-6H,1H3. The van der Waals surface area contributed by atoms with Gasteiger partial charge in [0.05, 0.1) is 0 Å². The maximum Gasteiger partial charge on any atom is 0.218 e. The number of nitrogens with zero attached hydrogens (tertiary/aromatic N) is 3. The van der Waals surface area contributed by atoms with Crippen LogP contribution in [0.3, 0.4) is 0 Å². The molecule has 2 aromatic heterocycles. The Morgan fingerprint density at radius 2 is 1.95 bits per heavy atom. The molecule has 6 heteroatoms. The van der Waals surface area contributed by atoms with Crippen LogP contribution in [0.15, 0.2) is 35.2 Å². The number of aryl methyl sites for hydroxylation is 1. The summed E-state index contributed by atoms with van der Waals surface area (Å²) >= 11 is 3.20. The maximum atomic E-state index is 13.3. The second-order valence-corrected chi connectivity index (χ2v) is 4.92. The Morgan fingerprint density at radius 3 is 2.68 bits per heavy atom. The smallest absolute Gasteiger partial charge is 0.218 e. The molecule has 2 heterocycles. The maximum absolute atomic E-state index is 13.3. The van der Waals surface area contributed by atoms with Crippen molar-refractivity contribution < 1.29 is 8.78 Å². The summed E-state index contributed by atoms with van der Waals surface area (Å²) in [6.45, 7) is 1.90. The lowest BCUT2D eigenvalue weighted by atomic mass is 10.1. The molecule has 19 heavy (non-hydrogen) atoms. The van der Waals surface area contributed by atoms with Crippen molar-refractivity contribution in [1.29, 1.82) is 0 Å². The Morgan fingerprint density at radius 1 is 1.16 bits per heavy atom. The van der Waals surface area contributed by atoms with Crippen LogP contribution in [0.2, 0.25) is 0 Å². The van der Waals surface area contributed by atoms with E-state index in [-0.39, 0.29) is 0 Å². The summed E-state index contributed by atoms with van der Waals surface area (Å²) in [7, 11) is 0. The monoisotopic (exact) mass is 323 g/mol. The number of pyridine rings is 1. The van der Waals surface area contributed by atoms with Crippen molar-refractivity contribution in [2.75, 3.05) is 0 Å². The van der Waals surface area contributed by atoms with Crippen molar-refractivity contribution in [3.63, 3.8) is 0 Å². The van der Waals surface area contributed by atoms with Gasteiger partial charge in [0, 0.05) is 11.8 Å². The summed E-state index contributed by atoms with van der Waals surface area (Å²) in [5.74, 6) is -1.74. The summed E-state index contributed by atoms with van der Waals surface area (Å²) in [5, 5.41) is 4.15. The number of aromatic nitrogens is 3. The molecule has 0 aliphatic carbocycles. The average Bonchev–Trinajstić information content (AvgIpc) is 2.72. The summed E-state index contributed by atoms with van der Waals surface area (Å²) < 4.78 is 28.4. The van der Waals surface area contributed by atoms with Gasteiger partial charge in [0.15, 0.2) is 17.3 Å². The van der Waals surface area contributed by atoms with E-state index in [1.54, 1.807) is 4.52 Å². The predicted octanol–water partition coefficient (Wildman–Crippen LogP) is 3.75. The van der Waals surface area contributed by atoms with Gasteiger partial charge in [-0.25, -0.2) is 18.3 Å². The Bertz CT molecular complexity index is 783. The van der Waals surface area contributed by atoms with Gasteiger partial charge in [-0.1, -0.05) is 6.07 Å². The summed E-state index contributed by atoms with van der Waals surface area (Å²) in [4.78, 5) is 4.24. The van der Waals surface area contributed by atoms with E-state index in [0.717, 1.165) is 17.7 Å². The summed E-state index contributed by atoms with van der Waals surface area (Å²) in [6, 6.07) is 5.65. The first kappa shape index (κ1) is 12.2. The molecule has 0 aliphatic rings. The molecule has 0 radical (unpaired) electrons. The molecule has 0 saturated carbocycles. The van der Waals surface area contributed by atoms with E-state index in [0.29, 0.717) is 21.5 Å². The fourth-order valence-electron chi connectivity index (χ4n) is 1.97. The molecule has 0 atom stereocenters. The molecule has 3 aromatic rings. The first-order chi connectivity index (χ1) is 9.04. The SMILES string of the molecule is Cc1cc(-c2ccc(F)c(F)c2)c2nc(Br)nn2c1. The summed E-state index contributed by atoms with van der Waals surface area (Å²) in [5.41, 5.74) is 2.80. The highest BCUT2D eigenvalue weighted by Crippen LogP contribution is 2.26. The highest BCUT2D eigenvalue weighted by molar-refractivity contribution is 9.10. The van der Waals surface area contributed by atoms with Crippen LogP contribution in [0.5, 0.6) is 0 Å². The van der Waals surface area contributed by atoms with Crippen molar-refractivity contribution >= 4 is 21.6 Å². The second-order valence-electron chi connectivity index (χ2n) is 4.21. The number of hydrogen-bond acceptors (Lipinski definition) is 2. The van der Waals surface area contributed by atoms with Crippen molar-refractivity contribution in [3.8, 4) is 11.1 Å². The number of benzene rings is 1. The molecular formula is C13H8BrF2N3.